The van der Waals surface area contributed by atoms with Crippen molar-refractivity contribution in [2.45, 2.75) is 25.4 Å². The number of hydrogen-bond acceptors (Lipinski definition) is 4. The molecule has 0 aliphatic carbocycles. The fourth-order valence-electron chi connectivity index (χ4n) is 2.12. The lowest BCUT2D eigenvalue weighted by Gasteiger charge is -2.16. The number of imide groups is 1. The first-order valence-corrected chi connectivity index (χ1v) is 6.83. The number of carbonyl (C=O) groups excluding carboxylic acids is 3. The molecule has 1 aromatic carbocycles. The number of anilines is 1. The highest BCUT2D eigenvalue weighted by Crippen LogP contribution is 2.34. The number of likely N-dealkylation sites (tertiary alicyclic amines) is 1. The van der Waals surface area contributed by atoms with Crippen LogP contribution < -0.4 is 10.9 Å². The Bertz CT molecular complexity index is 615. The van der Waals surface area contributed by atoms with Crippen LogP contribution in [0.15, 0.2) is 24.3 Å². The van der Waals surface area contributed by atoms with Crippen LogP contribution in [-0.4, -0.2) is 29.2 Å². The molecule has 1 heterocycles. The molecule has 0 unspecified atom stereocenters. The Balaban J connectivity index is 1.88. The van der Waals surface area contributed by atoms with Crippen molar-refractivity contribution in [3.63, 3.8) is 0 Å². The largest absolute Gasteiger partial charge is 0.418 e. The summed E-state index contributed by atoms with van der Waals surface area (Å²) in [6.45, 7) is -0.0912. The van der Waals surface area contributed by atoms with Crippen molar-refractivity contribution in [1.29, 1.82) is 0 Å². The Morgan fingerprint density at radius 3 is 2.35 bits per heavy atom. The van der Waals surface area contributed by atoms with Crippen molar-refractivity contribution in [3.8, 4) is 0 Å². The van der Waals surface area contributed by atoms with Gasteiger partial charge in [-0.1, -0.05) is 12.1 Å². The predicted octanol–water partition coefficient (Wildman–Crippen LogP) is 1.69. The van der Waals surface area contributed by atoms with Gasteiger partial charge in [-0.2, -0.15) is 13.2 Å². The maximum atomic E-state index is 12.8. The third-order valence-corrected chi connectivity index (χ3v) is 3.29. The van der Waals surface area contributed by atoms with E-state index in [1.807, 2.05) is 0 Å². The number of nitrogens with one attached hydrogen (secondary N) is 2. The van der Waals surface area contributed by atoms with Gasteiger partial charge in [-0.15, -0.1) is 0 Å². The van der Waals surface area contributed by atoms with Crippen LogP contribution in [0.4, 0.5) is 18.9 Å². The van der Waals surface area contributed by atoms with Gasteiger partial charge < -0.3 is 0 Å². The van der Waals surface area contributed by atoms with Gasteiger partial charge in [0, 0.05) is 25.8 Å². The van der Waals surface area contributed by atoms with E-state index in [0.29, 0.717) is 0 Å². The summed E-state index contributed by atoms with van der Waals surface area (Å²) in [4.78, 5) is 35.3. The minimum Gasteiger partial charge on any atom is -0.298 e. The molecule has 2 rings (SSSR count). The summed E-state index contributed by atoms with van der Waals surface area (Å²) in [5.74, 6) is -1.33. The standard InChI is InChI=1S/C14H14F3N3O3/c15-14(16,17)9-3-1-2-4-10(9)18-19-11(21)7-8-20-12(22)5-6-13(20)23/h1-4,18H,5-8H2,(H,19,21). The lowest BCUT2D eigenvalue weighted by atomic mass is 10.2. The van der Waals surface area contributed by atoms with E-state index >= 15 is 0 Å². The van der Waals surface area contributed by atoms with Crippen LogP contribution in [0, 0.1) is 0 Å². The fraction of sp³-hybridized carbons (Fsp3) is 0.357. The van der Waals surface area contributed by atoms with Crippen molar-refractivity contribution >= 4 is 23.4 Å². The van der Waals surface area contributed by atoms with Crippen molar-refractivity contribution in [2.75, 3.05) is 12.0 Å². The molecule has 9 heteroatoms. The minimum absolute atomic E-state index is 0.0912. The molecule has 0 radical (unpaired) electrons. The topological polar surface area (TPSA) is 78.5 Å². The normalized spacial score (nSPS) is 15.0. The highest BCUT2D eigenvalue weighted by molar-refractivity contribution is 6.02. The van der Waals surface area contributed by atoms with E-state index in [-0.39, 0.29) is 43.3 Å². The Hall–Kier alpha value is -2.58. The summed E-state index contributed by atoms with van der Waals surface area (Å²) in [5, 5.41) is 0. The second-order valence-corrected chi connectivity index (χ2v) is 4.91. The van der Waals surface area contributed by atoms with Crippen LogP contribution in [0.1, 0.15) is 24.8 Å². The molecule has 6 nitrogen and oxygen atoms in total. The van der Waals surface area contributed by atoms with Gasteiger partial charge in [0.05, 0.1) is 11.3 Å². The summed E-state index contributed by atoms with van der Waals surface area (Å²) in [6.07, 6.45) is -4.50. The number of alkyl halides is 3. The number of nitrogens with zero attached hydrogens (tertiary/aromatic N) is 1. The molecule has 1 aromatic rings. The van der Waals surface area contributed by atoms with Crippen molar-refractivity contribution < 1.29 is 27.6 Å². The fourth-order valence-corrected chi connectivity index (χ4v) is 2.12. The van der Waals surface area contributed by atoms with Crippen LogP contribution in [0.5, 0.6) is 0 Å². The number of benzene rings is 1. The SMILES string of the molecule is O=C(CCN1C(=O)CCC1=O)NNc1ccccc1C(F)(F)F. The summed E-state index contributed by atoms with van der Waals surface area (Å²) >= 11 is 0. The summed E-state index contributed by atoms with van der Waals surface area (Å²) in [5.41, 5.74) is 3.13. The number of para-hydroxylation sites is 1. The molecular weight excluding hydrogens is 315 g/mol. The molecular formula is C14H14F3N3O3. The average molecular weight is 329 g/mol. The number of amides is 3. The Labute approximate surface area is 129 Å². The monoisotopic (exact) mass is 329 g/mol. The first-order valence-electron chi connectivity index (χ1n) is 6.83. The zero-order chi connectivity index (χ0) is 17.0. The van der Waals surface area contributed by atoms with E-state index < -0.39 is 17.6 Å². The van der Waals surface area contributed by atoms with Crippen LogP contribution in [0.2, 0.25) is 0 Å². The first kappa shape index (κ1) is 16.8. The van der Waals surface area contributed by atoms with E-state index in [1.165, 1.54) is 18.2 Å². The van der Waals surface area contributed by atoms with Crippen molar-refractivity contribution in [2.24, 2.45) is 0 Å². The molecule has 1 fully saturated rings. The summed E-state index contributed by atoms with van der Waals surface area (Å²) < 4.78 is 38.3. The number of rotatable bonds is 5. The molecule has 1 aliphatic rings. The van der Waals surface area contributed by atoms with Crippen LogP contribution in [0.3, 0.4) is 0 Å². The Morgan fingerprint density at radius 1 is 1.13 bits per heavy atom. The van der Waals surface area contributed by atoms with Gasteiger partial charge in [0.15, 0.2) is 0 Å². The van der Waals surface area contributed by atoms with E-state index in [1.54, 1.807) is 0 Å². The highest BCUT2D eigenvalue weighted by Gasteiger charge is 2.33. The lowest BCUT2D eigenvalue weighted by Crippen LogP contribution is -2.36. The molecule has 0 atom stereocenters. The summed E-state index contributed by atoms with van der Waals surface area (Å²) in [7, 11) is 0. The number of halogens is 3. The second kappa shape index (κ2) is 6.67. The van der Waals surface area contributed by atoms with E-state index in [9.17, 15) is 27.6 Å². The van der Waals surface area contributed by atoms with Gasteiger partial charge in [0.25, 0.3) is 0 Å². The molecule has 124 valence electrons. The number of carbonyl (C=O) groups is 3. The van der Waals surface area contributed by atoms with Crippen LogP contribution >= 0.6 is 0 Å². The first-order chi connectivity index (χ1) is 10.8. The molecule has 0 spiro atoms. The van der Waals surface area contributed by atoms with Gasteiger partial charge in [-0.3, -0.25) is 30.1 Å². The van der Waals surface area contributed by atoms with Gasteiger partial charge in [0.2, 0.25) is 17.7 Å². The second-order valence-electron chi connectivity index (χ2n) is 4.91. The molecule has 0 aromatic heterocycles. The molecule has 2 N–H and O–H groups in total. The minimum atomic E-state index is -4.55. The quantitative estimate of drug-likeness (QED) is 0.636. The van der Waals surface area contributed by atoms with E-state index in [2.05, 4.69) is 10.9 Å². The van der Waals surface area contributed by atoms with Crippen molar-refractivity contribution in [1.82, 2.24) is 10.3 Å². The van der Waals surface area contributed by atoms with Gasteiger partial charge in [-0.05, 0) is 12.1 Å². The van der Waals surface area contributed by atoms with Crippen molar-refractivity contribution in [3.05, 3.63) is 29.8 Å². The summed E-state index contributed by atoms with van der Waals surface area (Å²) in [6, 6.07) is 4.69. The zero-order valence-corrected chi connectivity index (χ0v) is 11.9. The van der Waals surface area contributed by atoms with Crippen LogP contribution in [-0.2, 0) is 20.6 Å². The molecule has 0 saturated carbocycles. The van der Waals surface area contributed by atoms with Crippen LogP contribution in [0.25, 0.3) is 0 Å². The maximum absolute atomic E-state index is 12.8. The predicted molar refractivity (Wildman–Crippen MR) is 73.8 cm³/mol. The molecule has 0 bridgehead atoms. The maximum Gasteiger partial charge on any atom is 0.418 e. The number of hydrogen-bond donors (Lipinski definition) is 2. The Kier molecular flexibility index (Phi) is 4.87. The third-order valence-electron chi connectivity index (χ3n) is 3.29. The van der Waals surface area contributed by atoms with Gasteiger partial charge in [-0.25, -0.2) is 0 Å². The van der Waals surface area contributed by atoms with E-state index in [4.69, 9.17) is 0 Å². The molecule has 3 amide bonds. The molecule has 1 saturated heterocycles. The molecule has 1 aliphatic heterocycles. The third kappa shape index (κ3) is 4.21. The number of hydrazine groups is 1. The van der Waals surface area contributed by atoms with Gasteiger partial charge in [0.1, 0.15) is 0 Å². The smallest absolute Gasteiger partial charge is 0.298 e. The average Bonchev–Trinajstić information content (AvgIpc) is 2.81. The highest BCUT2D eigenvalue weighted by atomic mass is 19.4. The Morgan fingerprint density at radius 2 is 1.74 bits per heavy atom. The zero-order valence-electron chi connectivity index (χ0n) is 11.9. The molecule has 23 heavy (non-hydrogen) atoms. The lowest BCUT2D eigenvalue weighted by molar-refractivity contribution is -0.139. The van der Waals surface area contributed by atoms with Gasteiger partial charge >= 0.3 is 6.18 Å². The van der Waals surface area contributed by atoms with E-state index in [0.717, 1.165) is 11.0 Å².